The standard InChI is InChI=1S/C12H22BO2.C4H9.Zn/c1-10(2)8-7-9-13-14-11(3,4)12(5,6)15-13;1-3-4-2;/h9H,1,7-8H2,2-6H3;1,3-4H2,2H3;/q2*-1;+2. The van der Waals surface area contributed by atoms with Crippen molar-refractivity contribution < 1.29 is 28.8 Å². The molecule has 1 saturated heterocycles. The van der Waals surface area contributed by atoms with Gasteiger partial charge >= 0.3 is 19.5 Å². The topological polar surface area (TPSA) is 18.5 Å². The Labute approximate surface area is 140 Å². The fourth-order valence-corrected chi connectivity index (χ4v) is 1.45. The summed E-state index contributed by atoms with van der Waals surface area (Å²) in [6, 6.07) is 0. The van der Waals surface area contributed by atoms with Crippen LogP contribution in [0.25, 0.3) is 0 Å². The first-order valence-corrected chi connectivity index (χ1v) is 7.29. The molecule has 0 N–H and O–H groups in total. The second-order valence-corrected chi connectivity index (χ2v) is 6.21. The van der Waals surface area contributed by atoms with Gasteiger partial charge < -0.3 is 16.2 Å². The minimum atomic E-state index is -0.225. The fourth-order valence-electron chi connectivity index (χ4n) is 1.45. The van der Waals surface area contributed by atoms with E-state index in [1.165, 1.54) is 12.0 Å². The molecule has 0 saturated carbocycles. The van der Waals surface area contributed by atoms with Crippen LogP contribution >= 0.6 is 0 Å². The van der Waals surface area contributed by atoms with Gasteiger partial charge in [-0.3, -0.25) is 6.32 Å². The van der Waals surface area contributed by atoms with E-state index in [0.29, 0.717) is 0 Å². The molecule has 0 radical (unpaired) electrons. The second-order valence-electron chi connectivity index (χ2n) is 6.21. The first-order chi connectivity index (χ1) is 8.66. The van der Waals surface area contributed by atoms with Crippen molar-refractivity contribution in [1.82, 2.24) is 0 Å². The Balaban J connectivity index is 0. The zero-order valence-corrected chi connectivity index (χ0v) is 17.4. The average Bonchev–Trinajstić information content (AvgIpc) is 2.47. The van der Waals surface area contributed by atoms with Crippen LogP contribution in [0.15, 0.2) is 12.2 Å². The molecule has 1 aliphatic rings. The van der Waals surface area contributed by atoms with Crippen LogP contribution in [0.1, 0.15) is 67.2 Å². The molecule has 1 fully saturated rings. The van der Waals surface area contributed by atoms with Gasteiger partial charge in [-0.15, -0.1) is 6.58 Å². The summed E-state index contributed by atoms with van der Waals surface area (Å²) in [5.74, 6) is 0. The van der Waals surface area contributed by atoms with Crippen molar-refractivity contribution in [3.05, 3.63) is 25.4 Å². The van der Waals surface area contributed by atoms with Gasteiger partial charge in [0.25, 0.3) is 7.12 Å². The van der Waals surface area contributed by atoms with Crippen molar-refractivity contribution in [2.45, 2.75) is 78.4 Å². The molecule has 0 amide bonds. The quantitative estimate of drug-likeness (QED) is 0.409. The maximum absolute atomic E-state index is 5.84. The molecule has 1 aliphatic heterocycles. The third-order valence-corrected chi connectivity index (χ3v) is 3.56. The zero-order chi connectivity index (χ0) is 15.1. The Morgan fingerprint density at radius 2 is 1.60 bits per heavy atom. The SMILES string of the molecule is C=C(C)CC[CH-]B1OC(C)(C)C(C)(C)O1.[CH2-]CCC.[Zn+2]. The van der Waals surface area contributed by atoms with Crippen molar-refractivity contribution in [3.8, 4) is 0 Å². The van der Waals surface area contributed by atoms with Crippen molar-refractivity contribution in [3.63, 3.8) is 0 Å². The van der Waals surface area contributed by atoms with Gasteiger partial charge in [0.05, 0.1) is 11.2 Å². The zero-order valence-electron chi connectivity index (χ0n) is 14.4. The van der Waals surface area contributed by atoms with E-state index in [2.05, 4.69) is 54.4 Å². The normalized spacial score (nSPS) is 18.9. The predicted octanol–water partition coefficient (Wildman–Crippen LogP) is 4.80. The molecule has 112 valence electrons. The van der Waals surface area contributed by atoms with E-state index in [9.17, 15) is 0 Å². The molecule has 0 bridgehead atoms. The van der Waals surface area contributed by atoms with Crippen LogP contribution in [-0.4, -0.2) is 18.3 Å². The van der Waals surface area contributed by atoms with Gasteiger partial charge in [0.1, 0.15) is 0 Å². The van der Waals surface area contributed by atoms with Gasteiger partial charge in [0, 0.05) is 0 Å². The Kier molecular flexibility index (Phi) is 11.5. The summed E-state index contributed by atoms with van der Waals surface area (Å²) in [4.78, 5) is 0. The smallest absolute Gasteiger partial charge is 0.430 e. The molecular weight excluding hydrogens is 300 g/mol. The van der Waals surface area contributed by atoms with E-state index in [-0.39, 0.29) is 37.8 Å². The van der Waals surface area contributed by atoms with Crippen LogP contribution < -0.4 is 0 Å². The predicted molar refractivity (Wildman–Crippen MR) is 84.7 cm³/mol. The molecule has 0 aromatic carbocycles. The van der Waals surface area contributed by atoms with Gasteiger partial charge in [0.15, 0.2) is 0 Å². The third kappa shape index (κ3) is 7.95. The summed E-state index contributed by atoms with van der Waals surface area (Å²) in [7, 11) is -0.172. The number of rotatable bonds is 5. The van der Waals surface area contributed by atoms with E-state index in [1.807, 2.05) is 6.92 Å². The number of unbranched alkanes of at least 4 members (excludes halogenated alkanes) is 1. The summed E-state index contributed by atoms with van der Waals surface area (Å²) < 4.78 is 11.7. The van der Waals surface area contributed by atoms with Crippen LogP contribution in [0.3, 0.4) is 0 Å². The molecule has 1 heterocycles. The van der Waals surface area contributed by atoms with E-state index in [0.717, 1.165) is 19.3 Å². The minimum Gasteiger partial charge on any atom is -0.430 e. The molecule has 0 aliphatic carbocycles. The molecule has 0 spiro atoms. The third-order valence-electron chi connectivity index (χ3n) is 3.56. The molecule has 0 atom stereocenters. The van der Waals surface area contributed by atoms with Gasteiger partial charge in [-0.1, -0.05) is 25.3 Å². The molecular formula is C16H31BO2Zn. The molecule has 1 rings (SSSR count). The van der Waals surface area contributed by atoms with Gasteiger partial charge in [0.2, 0.25) is 0 Å². The van der Waals surface area contributed by atoms with E-state index < -0.39 is 0 Å². The largest absolute Gasteiger partial charge is 2.00 e. The Bertz CT molecular complexity index is 260. The van der Waals surface area contributed by atoms with E-state index in [1.54, 1.807) is 0 Å². The molecule has 20 heavy (non-hydrogen) atoms. The Morgan fingerprint density at radius 3 is 1.90 bits per heavy atom. The summed E-state index contributed by atoms with van der Waals surface area (Å²) >= 11 is 0. The van der Waals surface area contributed by atoms with Crippen LogP contribution in [-0.2, 0) is 28.8 Å². The molecule has 0 unspecified atom stereocenters. The Morgan fingerprint density at radius 1 is 1.20 bits per heavy atom. The van der Waals surface area contributed by atoms with Gasteiger partial charge in [-0.25, -0.2) is 0 Å². The first kappa shape index (κ1) is 22.6. The summed E-state index contributed by atoms with van der Waals surface area (Å²) in [6.45, 7) is 19.9. The monoisotopic (exact) mass is 330 g/mol. The van der Waals surface area contributed by atoms with Crippen molar-refractivity contribution in [2.75, 3.05) is 0 Å². The summed E-state index contributed by atoms with van der Waals surface area (Å²) in [5.41, 5.74) is 0.747. The van der Waals surface area contributed by atoms with Crippen LogP contribution in [0.5, 0.6) is 0 Å². The first-order valence-electron chi connectivity index (χ1n) is 7.29. The number of hydrogen-bond donors (Lipinski definition) is 0. The molecule has 0 aromatic heterocycles. The minimum absolute atomic E-state index is 0. The Hall–Kier alpha value is 0.348. The number of hydrogen-bond acceptors (Lipinski definition) is 2. The molecule has 0 aromatic rings. The van der Waals surface area contributed by atoms with Crippen LogP contribution in [0, 0.1) is 13.2 Å². The summed E-state index contributed by atoms with van der Waals surface area (Å²) in [5, 5.41) is 0. The van der Waals surface area contributed by atoms with Crippen molar-refractivity contribution in [1.29, 1.82) is 0 Å². The summed E-state index contributed by atoms with van der Waals surface area (Å²) in [6.07, 6.45) is 6.33. The van der Waals surface area contributed by atoms with E-state index in [4.69, 9.17) is 9.31 Å². The van der Waals surface area contributed by atoms with E-state index >= 15 is 0 Å². The fraction of sp³-hybridized carbons (Fsp3) is 0.750. The van der Waals surface area contributed by atoms with Gasteiger partial charge in [-0.05, 0) is 34.6 Å². The van der Waals surface area contributed by atoms with Crippen molar-refractivity contribution in [2.24, 2.45) is 0 Å². The second kappa shape index (κ2) is 10.1. The molecule has 4 heteroatoms. The van der Waals surface area contributed by atoms with Crippen LogP contribution in [0.2, 0.25) is 0 Å². The average molecular weight is 332 g/mol. The maximum atomic E-state index is 5.84. The molecule has 2 nitrogen and oxygen atoms in total. The van der Waals surface area contributed by atoms with Crippen molar-refractivity contribution >= 4 is 7.12 Å². The maximum Gasteiger partial charge on any atom is 2.00 e. The van der Waals surface area contributed by atoms with Gasteiger partial charge in [-0.2, -0.15) is 12.8 Å². The number of allylic oxidation sites excluding steroid dienone is 1. The van der Waals surface area contributed by atoms with Crippen LogP contribution in [0.4, 0.5) is 0 Å².